The van der Waals surface area contributed by atoms with Gasteiger partial charge in [0.2, 0.25) is 5.95 Å². The van der Waals surface area contributed by atoms with E-state index in [1.165, 1.54) is 0 Å². The lowest BCUT2D eigenvalue weighted by atomic mass is 10.1. The van der Waals surface area contributed by atoms with Crippen LogP contribution in [0.3, 0.4) is 0 Å². The van der Waals surface area contributed by atoms with Crippen molar-refractivity contribution in [3.63, 3.8) is 0 Å². The lowest BCUT2D eigenvalue weighted by molar-refractivity contribution is 0.555. The number of H-pyrrole nitrogens is 1. The highest BCUT2D eigenvalue weighted by atomic mass is 16.4. The Labute approximate surface area is 102 Å². The average molecular weight is 244 g/mol. The van der Waals surface area contributed by atoms with Crippen LogP contribution in [0.2, 0.25) is 0 Å². The van der Waals surface area contributed by atoms with Gasteiger partial charge >= 0.3 is 5.76 Å². The third-order valence-electron chi connectivity index (χ3n) is 3.00. The number of nitrogens with zero attached hydrogens (tertiary/aromatic N) is 2. The number of nitrogens with one attached hydrogen (secondary N) is 1. The first-order valence-electron chi connectivity index (χ1n) is 5.48. The molecule has 0 atom stereocenters. The summed E-state index contributed by atoms with van der Waals surface area (Å²) in [4.78, 5) is 17.9. The topological polar surface area (TPSA) is 89.8 Å². The lowest BCUT2D eigenvalue weighted by Crippen LogP contribution is -1.98. The quantitative estimate of drug-likeness (QED) is 0.677. The molecule has 0 aliphatic carbocycles. The fourth-order valence-corrected chi connectivity index (χ4v) is 2.15. The number of nitrogen functional groups attached to an aromatic ring is 1. The second kappa shape index (κ2) is 3.49. The van der Waals surface area contributed by atoms with Crippen LogP contribution in [0.4, 0.5) is 5.95 Å². The minimum absolute atomic E-state index is 0.455. The summed E-state index contributed by atoms with van der Waals surface area (Å²) in [6, 6.07) is 5.51. The van der Waals surface area contributed by atoms with Crippen LogP contribution in [0.5, 0.6) is 0 Å². The maximum Gasteiger partial charge on any atom is 0.417 e. The number of rotatable bonds is 1. The minimum atomic E-state index is -0.455. The molecule has 0 fully saturated rings. The number of oxazole rings is 1. The molecule has 3 rings (SSSR count). The maximum atomic E-state index is 11.1. The third kappa shape index (κ3) is 1.42. The van der Waals surface area contributed by atoms with E-state index >= 15 is 0 Å². The Morgan fingerprint density at radius 1 is 1.44 bits per heavy atom. The highest BCUT2D eigenvalue weighted by Crippen LogP contribution is 2.27. The zero-order chi connectivity index (χ0) is 12.9. The first-order valence-corrected chi connectivity index (χ1v) is 5.48. The Morgan fingerprint density at radius 3 is 2.89 bits per heavy atom. The van der Waals surface area contributed by atoms with Crippen LogP contribution in [0.15, 0.2) is 27.4 Å². The van der Waals surface area contributed by atoms with Gasteiger partial charge in [-0.1, -0.05) is 6.07 Å². The summed E-state index contributed by atoms with van der Waals surface area (Å²) in [5.74, 6) is 0.00140. The number of aromatic nitrogens is 3. The molecular weight excluding hydrogens is 232 g/mol. The Bertz CT molecular complexity index is 794. The number of nitrogens with two attached hydrogens (primary N) is 1. The van der Waals surface area contributed by atoms with E-state index in [0.717, 1.165) is 17.0 Å². The monoisotopic (exact) mass is 244 g/mol. The Kier molecular flexibility index (Phi) is 2.07. The van der Waals surface area contributed by atoms with E-state index < -0.39 is 5.76 Å². The van der Waals surface area contributed by atoms with Crippen LogP contribution in [-0.2, 0) is 7.05 Å². The molecule has 0 aliphatic heterocycles. The van der Waals surface area contributed by atoms with Gasteiger partial charge in [0.15, 0.2) is 5.58 Å². The van der Waals surface area contributed by atoms with Gasteiger partial charge in [-0.2, -0.15) is 0 Å². The van der Waals surface area contributed by atoms with Gasteiger partial charge in [0.05, 0.1) is 16.9 Å². The molecule has 2 heterocycles. The Balaban J connectivity index is 2.28. The molecule has 0 radical (unpaired) electrons. The van der Waals surface area contributed by atoms with Gasteiger partial charge in [0.25, 0.3) is 0 Å². The molecule has 0 bridgehead atoms. The van der Waals surface area contributed by atoms with Crippen molar-refractivity contribution in [1.82, 2.24) is 14.5 Å². The summed E-state index contributed by atoms with van der Waals surface area (Å²) >= 11 is 0. The van der Waals surface area contributed by atoms with Crippen molar-refractivity contribution in [2.75, 3.05) is 5.73 Å². The van der Waals surface area contributed by atoms with E-state index in [1.807, 2.05) is 20.0 Å². The van der Waals surface area contributed by atoms with Crippen LogP contribution in [0, 0.1) is 6.92 Å². The first-order chi connectivity index (χ1) is 8.56. The Morgan fingerprint density at radius 2 is 2.22 bits per heavy atom. The van der Waals surface area contributed by atoms with Crippen LogP contribution in [-0.4, -0.2) is 14.5 Å². The van der Waals surface area contributed by atoms with Crippen molar-refractivity contribution >= 4 is 17.0 Å². The lowest BCUT2D eigenvalue weighted by Gasteiger charge is -2.04. The van der Waals surface area contributed by atoms with E-state index in [2.05, 4.69) is 9.97 Å². The molecule has 3 N–H and O–H groups in total. The predicted molar refractivity (Wildman–Crippen MR) is 68.2 cm³/mol. The van der Waals surface area contributed by atoms with E-state index in [9.17, 15) is 4.79 Å². The summed E-state index contributed by atoms with van der Waals surface area (Å²) in [6.07, 6.45) is 0. The molecule has 0 aliphatic rings. The number of aryl methyl sites for hydroxylation is 1. The molecule has 6 heteroatoms. The standard InChI is InChI=1S/C12H12N4O2/c1-6-10(16(2)11(13)14-6)7-3-4-8-9(5-7)18-12(17)15-8/h3-5H,1-2H3,(H2,13,14)(H,15,17). The maximum absolute atomic E-state index is 11.1. The Hall–Kier alpha value is -2.50. The number of aromatic amines is 1. The number of benzene rings is 1. The molecule has 0 amide bonds. The SMILES string of the molecule is Cc1nc(N)n(C)c1-c1ccc2[nH]c(=O)oc2c1. The smallest absolute Gasteiger partial charge is 0.408 e. The van der Waals surface area contributed by atoms with E-state index in [-0.39, 0.29) is 0 Å². The van der Waals surface area contributed by atoms with Crippen LogP contribution >= 0.6 is 0 Å². The fourth-order valence-electron chi connectivity index (χ4n) is 2.15. The largest absolute Gasteiger partial charge is 0.417 e. The van der Waals surface area contributed by atoms with Crippen molar-refractivity contribution in [2.24, 2.45) is 7.05 Å². The highest BCUT2D eigenvalue weighted by molar-refractivity contribution is 5.80. The van der Waals surface area contributed by atoms with E-state index in [1.54, 1.807) is 16.7 Å². The third-order valence-corrected chi connectivity index (χ3v) is 3.00. The molecular formula is C12H12N4O2. The summed E-state index contributed by atoms with van der Waals surface area (Å²) < 4.78 is 6.85. The van der Waals surface area contributed by atoms with Crippen molar-refractivity contribution < 1.29 is 4.42 Å². The molecule has 0 unspecified atom stereocenters. The number of fused-ring (bicyclic) bond motifs is 1. The highest BCUT2D eigenvalue weighted by Gasteiger charge is 2.12. The molecule has 3 aromatic rings. The van der Waals surface area contributed by atoms with Crippen LogP contribution < -0.4 is 11.5 Å². The second-order valence-electron chi connectivity index (χ2n) is 4.19. The number of hydrogen-bond donors (Lipinski definition) is 2. The van der Waals surface area contributed by atoms with E-state index in [4.69, 9.17) is 10.2 Å². The van der Waals surface area contributed by atoms with Crippen LogP contribution in [0.1, 0.15) is 5.69 Å². The molecule has 0 spiro atoms. The van der Waals surface area contributed by atoms with Crippen molar-refractivity contribution in [2.45, 2.75) is 6.92 Å². The summed E-state index contributed by atoms with van der Waals surface area (Å²) in [5.41, 5.74) is 9.64. The molecule has 0 saturated carbocycles. The number of imidazole rings is 1. The van der Waals surface area contributed by atoms with Gasteiger partial charge in [-0.15, -0.1) is 0 Å². The number of anilines is 1. The van der Waals surface area contributed by atoms with Gasteiger partial charge in [-0.25, -0.2) is 9.78 Å². The summed E-state index contributed by atoms with van der Waals surface area (Å²) in [6.45, 7) is 1.89. The van der Waals surface area contributed by atoms with Gasteiger partial charge in [-0.05, 0) is 19.1 Å². The molecule has 6 nitrogen and oxygen atoms in total. The zero-order valence-corrected chi connectivity index (χ0v) is 10.0. The first kappa shape index (κ1) is 10.6. The van der Waals surface area contributed by atoms with Gasteiger partial charge in [-0.3, -0.25) is 4.98 Å². The van der Waals surface area contributed by atoms with E-state index in [0.29, 0.717) is 17.0 Å². The molecule has 18 heavy (non-hydrogen) atoms. The average Bonchev–Trinajstić information content (AvgIpc) is 2.78. The van der Waals surface area contributed by atoms with Crippen LogP contribution in [0.25, 0.3) is 22.4 Å². The molecule has 92 valence electrons. The van der Waals surface area contributed by atoms with Crippen molar-refractivity contribution in [3.05, 3.63) is 34.4 Å². The molecule has 2 aromatic heterocycles. The summed E-state index contributed by atoms with van der Waals surface area (Å²) in [5, 5.41) is 0. The molecule has 1 aromatic carbocycles. The number of hydrogen-bond acceptors (Lipinski definition) is 4. The molecule has 0 saturated heterocycles. The zero-order valence-electron chi connectivity index (χ0n) is 10.0. The minimum Gasteiger partial charge on any atom is -0.408 e. The van der Waals surface area contributed by atoms with Gasteiger partial charge in [0, 0.05) is 12.6 Å². The van der Waals surface area contributed by atoms with Crippen molar-refractivity contribution in [1.29, 1.82) is 0 Å². The van der Waals surface area contributed by atoms with Gasteiger partial charge < -0.3 is 14.7 Å². The predicted octanol–water partition coefficient (Wildman–Crippen LogP) is 1.41. The van der Waals surface area contributed by atoms with Gasteiger partial charge in [0.1, 0.15) is 0 Å². The summed E-state index contributed by atoms with van der Waals surface area (Å²) in [7, 11) is 1.85. The fraction of sp³-hybridized carbons (Fsp3) is 0.167. The normalized spacial score (nSPS) is 11.2. The van der Waals surface area contributed by atoms with Crippen molar-refractivity contribution in [3.8, 4) is 11.3 Å². The second-order valence-corrected chi connectivity index (χ2v) is 4.19.